The normalized spacial score (nSPS) is 10.2. The smallest absolute Gasteiger partial charge is 0.222 e. The van der Waals surface area contributed by atoms with Crippen molar-refractivity contribution >= 4 is 11.6 Å². The van der Waals surface area contributed by atoms with Gasteiger partial charge >= 0.3 is 0 Å². The highest BCUT2D eigenvalue weighted by Crippen LogP contribution is 2.29. The Labute approximate surface area is 110 Å². The number of rotatable bonds is 4. The SMILES string of the molecule is COc1cccc(Oc2cccc(Cl)c2CN)n1. The lowest BCUT2D eigenvalue weighted by Crippen LogP contribution is -2.01. The molecule has 0 aliphatic carbocycles. The first-order valence-corrected chi connectivity index (χ1v) is 5.78. The van der Waals surface area contributed by atoms with E-state index in [1.54, 1.807) is 43.5 Å². The predicted molar refractivity (Wildman–Crippen MR) is 70.2 cm³/mol. The molecule has 0 saturated carbocycles. The second-order valence-corrected chi connectivity index (χ2v) is 3.95. The monoisotopic (exact) mass is 264 g/mol. The minimum absolute atomic E-state index is 0.305. The lowest BCUT2D eigenvalue weighted by atomic mass is 10.2. The van der Waals surface area contributed by atoms with Crippen LogP contribution in [0.2, 0.25) is 5.02 Å². The van der Waals surface area contributed by atoms with Crippen molar-refractivity contribution in [3.63, 3.8) is 0 Å². The molecule has 5 heteroatoms. The maximum absolute atomic E-state index is 6.05. The van der Waals surface area contributed by atoms with Crippen LogP contribution >= 0.6 is 11.6 Å². The topological polar surface area (TPSA) is 57.4 Å². The van der Waals surface area contributed by atoms with E-state index < -0.39 is 0 Å². The fourth-order valence-corrected chi connectivity index (χ4v) is 1.75. The lowest BCUT2D eigenvalue weighted by Gasteiger charge is -2.10. The standard InChI is InChI=1S/C13H13ClN2O2/c1-17-12-6-3-7-13(16-12)18-11-5-2-4-10(14)9(11)8-15/h2-7H,8,15H2,1H3. The summed E-state index contributed by atoms with van der Waals surface area (Å²) in [6.45, 7) is 0.305. The van der Waals surface area contributed by atoms with Crippen LogP contribution in [0, 0.1) is 0 Å². The van der Waals surface area contributed by atoms with Crippen LogP contribution in [0.25, 0.3) is 0 Å². The predicted octanol–water partition coefficient (Wildman–Crippen LogP) is 2.99. The molecule has 94 valence electrons. The Morgan fingerprint density at radius 2 is 1.89 bits per heavy atom. The molecule has 2 rings (SSSR count). The molecule has 1 aromatic heterocycles. The Hall–Kier alpha value is -1.78. The van der Waals surface area contributed by atoms with Crippen LogP contribution in [0.3, 0.4) is 0 Å². The van der Waals surface area contributed by atoms with Gasteiger partial charge in [-0.25, -0.2) is 0 Å². The Morgan fingerprint density at radius 3 is 2.61 bits per heavy atom. The number of benzene rings is 1. The molecule has 0 aliphatic heterocycles. The van der Waals surface area contributed by atoms with Crippen LogP contribution in [-0.2, 0) is 6.54 Å². The number of nitrogens with two attached hydrogens (primary N) is 1. The van der Waals surface area contributed by atoms with Gasteiger partial charge < -0.3 is 15.2 Å². The average molecular weight is 265 g/mol. The summed E-state index contributed by atoms with van der Waals surface area (Å²) in [5.74, 6) is 1.53. The number of hydrogen-bond donors (Lipinski definition) is 1. The van der Waals surface area contributed by atoms with Crippen molar-refractivity contribution in [2.75, 3.05) is 7.11 Å². The van der Waals surface area contributed by atoms with E-state index in [-0.39, 0.29) is 0 Å². The van der Waals surface area contributed by atoms with Gasteiger partial charge in [0.25, 0.3) is 0 Å². The molecule has 2 N–H and O–H groups in total. The van der Waals surface area contributed by atoms with Crippen LogP contribution < -0.4 is 15.2 Å². The molecule has 1 heterocycles. The van der Waals surface area contributed by atoms with Crippen LogP contribution in [0.4, 0.5) is 0 Å². The molecule has 18 heavy (non-hydrogen) atoms. The molecule has 0 spiro atoms. The van der Waals surface area contributed by atoms with Crippen molar-refractivity contribution in [1.29, 1.82) is 0 Å². The molecule has 2 aromatic rings. The first kappa shape index (κ1) is 12.7. The summed E-state index contributed by atoms with van der Waals surface area (Å²) in [6.07, 6.45) is 0. The maximum atomic E-state index is 6.05. The summed E-state index contributed by atoms with van der Waals surface area (Å²) in [6, 6.07) is 10.7. The van der Waals surface area contributed by atoms with Crippen LogP contribution in [0.5, 0.6) is 17.5 Å². The van der Waals surface area contributed by atoms with E-state index in [4.69, 9.17) is 26.8 Å². The highest BCUT2D eigenvalue weighted by atomic mass is 35.5. The maximum Gasteiger partial charge on any atom is 0.222 e. The first-order valence-electron chi connectivity index (χ1n) is 5.41. The fourth-order valence-electron chi connectivity index (χ4n) is 1.51. The summed E-state index contributed by atoms with van der Waals surface area (Å²) < 4.78 is 10.7. The lowest BCUT2D eigenvalue weighted by molar-refractivity contribution is 0.382. The highest BCUT2D eigenvalue weighted by molar-refractivity contribution is 6.31. The molecule has 0 bridgehead atoms. The van der Waals surface area contributed by atoms with Gasteiger partial charge in [0.1, 0.15) is 5.75 Å². The number of nitrogens with zero attached hydrogens (tertiary/aromatic N) is 1. The van der Waals surface area contributed by atoms with Gasteiger partial charge in [0, 0.05) is 29.3 Å². The Bertz CT molecular complexity index is 546. The number of pyridine rings is 1. The Kier molecular flexibility index (Phi) is 4.02. The summed E-state index contributed by atoms with van der Waals surface area (Å²) in [5.41, 5.74) is 6.41. The van der Waals surface area contributed by atoms with E-state index in [0.29, 0.717) is 29.1 Å². The molecule has 0 atom stereocenters. The van der Waals surface area contributed by atoms with Crippen LogP contribution in [-0.4, -0.2) is 12.1 Å². The number of hydrogen-bond acceptors (Lipinski definition) is 4. The molecule has 0 radical (unpaired) electrons. The summed E-state index contributed by atoms with van der Waals surface area (Å²) in [5, 5.41) is 0.581. The van der Waals surface area contributed by atoms with E-state index in [9.17, 15) is 0 Å². The van der Waals surface area contributed by atoms with Crippen LogP contribution in [0.15, 0.2) is 36.4 Å². The number of halogens is 1. The number of aromatic nitrogens is 1. The van der Waals surface area contributed by atoms with Crippen molar-refractivity contribution in [3.05, 3.63) is 47.0 Å². The van der Waals surface area contributed by atoms with Gasteiger partial charge in [0.05, 0.1) is 7.11 Å². The van der Waals surface area contributed by atoms with Gasteiger partial charge in [-0.15, -0.1) is 0 Å². The fraction of sp³-hybridized carbons (Fsp3) is 0.154. The minimum Gasteiger partial charge on any atom is -0.481 e. The van der Waals surface area contributed by atoms with Crippen molar-refractivity contribution in [3.8, 4) is 17.5 Å². The molecule has 4 nitrogen and oxygen atoms in total. The Balaban J connectivity index is 2.30. The van der Waals surface area contributed by atoms with Crippen LogP contribution in [0.1, 0.15) is 5.56 Å². The third-order valence-electron chi connectivity index (χ3n) is 2.40. The summed E-state index contributed by atoms with van der Waals surface area (Å²) in [4.78, 5) is 4.16. The summed E-state index contributed by atoms with van der Waals surface area (Å²) >= 11 is 6.05. The molecule has 1 aromatic carbocycles. The van der Waals surface area contributed by atoms with E-state index >= 15 is 0 Å². The third kappa shape index (κ3) is 2.72. The zero-order chi connectivity index (χ0) is 13.0. The molecule has 0 amide bonds. The molecule has 0 aliphatic rings. The van der Waals surface area contributed by atoms with Crippen molar-refractivity contribution in [2.45, 2.75) is 6.54 Å². The van der Waals surface area contributed by atoms with Gasteiger partial charge in [-0.1, -0.05) is 23.7 Å². The molecule has 0 unspecified atom stereocenters. The molecule has 0 fully saturated rings. The van der Waals surface area contributed by atoms with E-state index in [0.717, 1.165) is 5.56 Å². The van der Waals surface area contributed by atoms with E-state index in [2.05, 4.69) is 4.98 Å². The minimum atomic E-state index is 0.305. The zero-order valence-electron chi connectivity index (χ0n) is 9.89. The largest absolute Gasteiger partial charge is 0.481 e. The van der Waals surface area contributed by atoms with Gasteiger partial charge in [0.2, 0.25) is 11.8 Å². The quantitative estimate of drug-likeness (QED) is 0.922. The average Bonchev–Trinajstić information content (AvgIpc) is 2.39. The molecule has 0 saturated heterocycles. The van der Waals surface area contributed by atoms with Gasteiger partial charge in [0.15, 0.2) is 0 Å². The van der Waals surface area contributed by atoms with Crippen molar-refractivity contribution < 1.29 is 9.47 Å². The van der Waals surface area contributed by atoms with Gasteiger partial charge in [-0.3, -0.25) is 0 Å². The second-order valence-electron chi connectivity index (χ2n) is 3.54. The zero-order valence-corrected chi connectivity index (χ0v) is 10.6. The van der Waals surface area contributed by atoms with Crippen molar-refractivity contribution in [2.24, 2.45) is 5.73 Å². The second kappa shape index (κ2) is 5.71. The third-order valence-corrected chi connectivity index (χ3v) is 2.76. The van der Waals surface area contributed by atoms with E-state index in [1.807, 2.05) is 0 Å². The van der Waals surface area contributed by atoms with Gasteiger partial charge in [-0.05, 0) is 12.1 Å². The molecular formula is C13H13ClN2O2. The Morgan fingerprint density at radius 1 is 1.17 bits per heavy atom. The van der Waals surface area contributed by atoms with Crippen molar-refractivity contribution in [1.82, 2.24) is 4.98 Å². The highest BCUT2D eigenvalue weighted by Gasteiger charge is 2.08. The number of methoxy groups -OCH3 is 1. The van der Waals surface area contributed by atoms with E-state index in [1.165, 1.54) is 0 Å². The number of ether oxygens (including phenoxy) is 2. The summed E-state index contributed by atoms with van der Waals surface area (Å²) in [7, 11) is 1.55. The molecular weight excluding hydrogens is 252 g/mol. The van der Waals surface area contributed by atoms with Gasteiger partial charge in [-0.2, -0.15) is 4.98 Å². The first-order chi connectivity index (χ1) is 8.74.